The van der Waals surface area contributed by atoms with Crippen molar-refractivity contribution in [1.82, 2.24) is 15.0 Å². The summed E-state index contributed by atoms with van der Waals surface area (Å²) in [7, 11) is 0. The predicted molar refractivity (Wildman–Crippen MR) is 69.1 cm³/mol. The Morgan fingerprint density at radius 2 is 2.00 bits per heavy atom. The van der Waals surface area contributed by atoms with E-state index in [0.717, 1.165) is 33.5 Å². The molecule has 0 saturated heterocycles. The maximum Gasteiger partial charge on any atom is 0.178 e. The van der Waals surface area contributed by atoms with Gasteiger partial charge in [0.1, 0.15) is 17.7 Å². The summed E-state index contributed by atoms with van der Waals surface area (Å²) in [4.78, 5) is 12.0. The van der Waals surface area contributed by atoms with E-state index in [4.69, 9.17) is 4.42 Å². The number of imidazole rings is 1. The van der Waals surface area contributed by atoms with Gasteiger partial charge in [-0.05, 0) is 18.2 Å². The summed E-state index contributed by atoms with van der Waals surface area (Å²) in [6.07, 6.45) is 3.46. The molecule has 0 aliphatic carbocycles. The molecule has 3 heterocycles. The Morgan fingerprint density at radius 1 is 1.06 bits per heavy atom. The van der Waals surface area contributed by atoms with Crippen molar-refractivity contribution in [2.45, 2.75) is 0 Å². The van der Waals surface area contributed by atoms with Gasteiger partial charge in [-0.25, -0.2) is 9.97 Å². The van der Waals surface area contributed by atoms with Gasteiger partial charge in [0.25, 0.3) is 0 Å². The highest BCUT2D eigenvalue weighted by Crippen LogP contribution is 2.29. The molecule has 0 fully saturated rings. The molecule has 0 spiro atoms. The smallest absolute Gasteiger partial charge is 0.178 e. The normalized spacial score (nSPS) is 11.3. The second-order valence-electron chi connectivity index (χ2n) is 4.11. The zero-order valence-corrected chi connectivity index (χ0v) is 9.42. The standard InChI is InChI=1S/C14H9N3O/c1-2-6-12-9(4-1)10(8-18-12)13-16-11-5-3-7-15-14(11)17-13/h1-8H,(H,15,16,17). The van der Waals surface area contributed by atoms with Gasteiger partial charge >= 0.3 is 0 Å². The minimum absolute atomic E-state index is 0.720. The number of furan rings is 1. The summed E-state index contributed by atoms with van der Waals surface area (Å²) in [5.74, 6) is 0.786. The molecule has 4 rings (SSSR count). The van der Waals surface area contributed by atoms with Gasteiger partial charge in [0.2, 0.25) is 0 Å². The van der Waals surface area contributed by atoms with Crippen molar-refractivity contribution < 1.29 is 4.42 Å². The Kier molecular flexibility index (Phi) is 1.80. The van der Waals surface area contributed by atoms with Gasteiger partial charge in [0.15, 0.2) is 5.65 Å². The van der Waals surface area contributed by atoms with Crippen LogP contribution in [0.2, 0.25) is 0 Å². The summed E-state index contributed by atoms with van der Waals surface area (Å²) in [6, 6.07) is 11.8. The fraction of sp³-hybridized carbons (Fsp3) is 0. The average Bonchev–Trinajstić information content (AvgIpc) is 3.02. The molecule has 86 valence electrons. The molecule has 4 nitrogen and oxygen atoms in total. The van der Waals surface area contributed by atoms with Crippen molar-refractivity contribution in [3.8, 4) is 11.4 Å². The molecule has 1 aromatic carbocycles. The van der Waals surface area contributed by atoms with Gasteiger partial charge < -0.3 is 9.40 Å². The van der Waals surface area contributed by atoms with E-state index >= 15 is 0 Å². The lowest BCUT2D eigenvalue weighted by Gasteiger charge is -1.91. The lowest BCUT2D eigenvalue weighted by atomic mass is 10.2. The van der Waals surface area contributed by atoms with Crippen LogP contribution in [0.3, 0.4) is 0 Å². The quantitative estimate of drug-likeness (QED) is 0.550. The zero-order chi connectivity index (χ0) is 11.9. The van der Waals surface area contributed by atoms with Gasteiger partial charge in [0.05, 0.1) is 11.1 Å². The van der Waals surface area contributed by atoms with E-state index in [2.05, 4.69) is 15.0 Å². The van der Waals surface area contributed by atoms with E-state index in [1.807, 2.05) is 36.4 Å². The van der Waals surface area contributed by atoms with E-state index in [1.54, 1.807) is 12.5 Å². The molecule has 1 N–H and O–H groups in total. The fourth-order valence-corrected chi connectivity index (χ4v) is 2.13. The Labute approximate surface area is 102 Å². The SMILES string of the molecule is c1cnc2nc(-c3coc4ccccc34)[nH]c2c1. The minimum atomic E-state index is 0.720. The number of pyridine rings is 1. The van der Waals surface area contributed by atoms with Crippen LogP contribution in [0.25, 0.3) is 33.5 Å². The molecule has 0 aliphatic rings. The van der Waals surface area contributed by atoms with Crippen molar-refractivity contribution in [3.63, 3.8) is 0 Å². The molecule has 0 aliphatic heterocycles. The fourth-order valence-electron chi connectivity index (χ4n) is 2.13. The number of rotatable bonds is 1. The first kappa shape index (κ1) is 9.41. The molecule has 3 aromatic heterocycles. The molecule has 0 bridgehead atoms. The third kappa shape index (κ3) is 1.26. The number of aromatic amines is 1. The monoisotopic (exact) mass is 235 g/mol. The number of hydrogen-bond acceptors (Lipinski definition) is 3. The van der Waals surface area contributed by atoms with Crippen LogP contribution in [-0.4, -0.2) is 15.0 Å². The highest BCUT2D eigenvalue weighted by molar-refractivity contribution is 5.93. The topological polar surface area (TPSA) is 54.7 Å². The number of aromatic nitrogens is 3. The number of H-pyrrole nitrogens is 1. The van der Waals surface area contributed by atoms with Gasteiger partial charge in [-0.3, -0.25) is 0 Å². The number of nitrogens with one attached hydrogen (secondary N) is 1. The molecule has 0 amide bonds. The summed E-state index contributed by atoms with van der Waals surface area (Å²) < 4.78 is 5.52. The zero-order valence-electron chi connectivity index (χ0n) is 9.42. The first-order valence-corrected chi connectivity index (χ1v) is 5.69. The molecular formula is C14H9N3O. The van der Waals surface area contributed by atoms with Crippen LogP contribution < -0.4 is 0 Å². The third-order valence-corrected chi connectivity index (χ3v) is 2.99. The van der Waals surface area contributed by atoms with Gasteiger partial charge in [0, 0.05) is 11.6 Å². The van der Waals surface area contributed by atoms with E-state index < -0.39 is 0 Å². The molecule has 0 saturated carbocycles. The van der Waals surface area contributed by atoms with Crippen LogP contribution in [0, 0.1) is 0 Å². The van der Waals surface area contributed by atoms with Crippen LogP contribution in [0.4, 0.5) is 0 Å². The highest BCUT2D eigenvalue weighted by atomic mass is 16.3. The van der Waals surface area contributed by atoms with E-state index in [0.29, 0.717) is 0 Å². The molecule has 4 aromatic rings. The molecule has 0 atom stereocenters. The molecule has 0 unspecified atom stereocenters. The summed E-state index contributed by atoms with van der Waals surface area (Å²) in [5.41, 5.74) is 3.47. The number of para-hydroxylation sites is 1. The molecule has 0 radical (unpaired) electrons. The van der Waals surface area contributed by atoms with Crippen LogP contribution in [0.1, 0.15) is 0 Å². The molecule has 18 heavy (non-hydrogen) atoms. The van der Waals surface area contributed by atoms with Crippen molar-refractivity contribution in [2.24, 2.45) is 0 Å². The van der Waals surface area contributed by atoms with E-state index in [-0.39, 0.29) is 0 Å². The second kappa shape index (κ2) is 3.43. The average molecular weight is 235 g/mol. The lowest BCUT2D eigenvalue weighted by Crippen LogP contribution is -1.77. The summed E-state index contributed by atoms with van der Waals surface area (Å²) in [6.45, 7) is 0. The number of hydrogen-bond donors (Lipinski definition) is 1. The Morgan fingerprint density at radius 3 is 2.94 bits per heavy atom. The van der Waals surface area contributed by atoms with Crippen LogP contribution in [-0.2, 0) is 0 Å². The Balaban J connectivity index is 2.01. The van der Waals surface area contributed by atoms with Crippen molar-refractivity contribution in [3.05, 3.63) is 48.9 Å². The van der Waals surface area contributed by atoms with Gasteiger partial charge in [-0.1, -0.05) is 18.2 Å². The molecular weight excluding hydrogens is 226 g/mol. The Hall–Kier alpha value is -2.62. The predicted octanol–water partition coefficient (Wildman–Crippen LogP) is 3.37. The first-order valence-electron chi connectivity index (χ1n) is 5.69. The van der Waals surface area contributed by atoms with Gasteiger partial charge in [-0.2, -0.15) is 0 Å². The maximum absolute atomic E-state index is 5.52. The third-order valence-electron chi connectivity index (χ3n) is 2.99. The summed E-state index contributed by atoms with van der Waals surface area (Å²) in [5, 5.41) is 1.05. The molecule has 4 heteroatoms. The Bertz CT molecular complexity index is 811. The summed E-state index contributed by atoms with van der Waals surface area (Å²) >= 11 is 0. The lowest BCUT2D eigenvalue weighted by molar-refractivity contribution is 0.616. The van der Waals surface area contributed by atoms with Crippen LogP contribution in [0.15, 0.2) is 53.3 Å². The number of benzene rings is 1. The second-order valence-corrected chi connectivity index (χ2v) is 4.11. The van der Waals surface area contributed by atoms with Crippen LogP contribution >= 0.6 is 0 Å². The number of nitrogens with zero attached hydrogens (tertiary/aromatic N) is 2. The maximum atomic E-state index is 5.52. The van der Waals surface area contributed by atoms with E-state index in [1.165, 1.54) is 0 Å². The highest BCUT2D eigenvalue weighted by Gasteiger charge is 2.11. The van der Waals surface area contributed by atoms with Crippen molar-refractivity contribution >= 4 is 22.1 Å². The first-order chi connectivity index (χ1) is 8.92. The van der Waals surface area contributed by atoms with Crippen molar-refractivity contribution in [2.75, 3.05) is 0 Å². The van der Waals surface area contributed by atoms with Crippen LogP contribution in [0.5, 0.6) is 0 Å². The van der Waals surface area contributed by atoms with E-state index in [9.17, 15) is 0 Å². The van der Waals surface area contributed by atoms with Crippen molar-refractivity contribution in [1.29, 1.82) is 0 Å². The minimum Gasteiger partial charge on any atom is -0.464 e. The van der Waals surface area contributed by atoms with Gasteiger partial charge in [-0.15, -0.1) is 0 Å². The number of fused-ring (bicyclic) bond motifs is 2. The largest absolute Gasteiger partial charge is 0.464 e.